The average molecular weight is 451 g/mol. The van der Waals surface area contributed by atoms with Gasteiger partial charge >= 0.3 is 0 Å². The summed E-state index contributed by atoms with van der Waals surface area (Å²) in [4.78, 5) is 0.412. The Morgan fingerprint density at radius 1 is 0.800 bits per heavy atom. The highest BCUT2D eigenvalue weighted by Gasteiger charge is 2.12. The lowest BCUT2D eigenvalue weighted by Gasteiger charge is -2.03. The Kier molecular flexibility index (Phi) is 7.38. The second-order valence-corrected chi connectivity index (χ2v) is 9.29. The molecule has 2 aromatic carbocycles. The van der Waals surface area contributed by atoms with Crippen LogP contribution in [0, 0.1) is 0 Å². The van der Waals surface area contributed by atoms with Gasteiger partial charge in [-0.3, -0.25) is 0 Å². The number of nitrogen functional groups attached to an aromatic ring is 2. The van der Waals surface area contributed by atoms with Crippen LogP contribution in [0.15, 0.2) is 56.7 Å². The Morgan fingerprint density at radius 3 is 1.68 bits per heavy atom. The van der Waals surface area contributed by atoms with Gasteiger partial charge in [0.25, 0.3) is 0 Å². The molecular formula is C14H19BrN4O4S2. The summed E-state index contributed by atoms with van der Waals surface area (Å²) in [7, 11) is -3.97. The Morgan fingerprint density at radius 2 is 1.24 bits per heavy atom. The van der Waals surface area contributed by atoms with Crippen molar-refractivity contribution in [2.45, 2.75) is 9.79 Å². The summed E-state index contributed by atoms with van der Waals surface area (Å²) < 4.78 is 49.9. The number of rotatable bonds is 4. The molecule has 2 aromatic rings. The molecule has 0 aromatic heterocycles. The highest BCUT2D eigenvalue weighted by atomic mass is 79.9. The molecule has 0 aliphatic carbocycles. The van der Waals surface area contributed by atoms with Gasteiger partial charge in [0.05, 0.1) is 9.79 Å². The first-order chi connectivity index (χ1) is 11.5. The summed E-state index contributed by atoms with van der Waals surface area (Å²) in [6.07, 6.45) is 0. The first-order valence-corrected chi connectivity index (χ1v) is 10.6. The van der Waals surface area contributed by atoms with Crippen molar-refractivity contribution in [3.05, 3.63) is 46.9 Å². The Balaban J connectivity index is 0.000000251. The number of sulfonamides is 2. The largest absolute Gasteiger partial charge is 0.399 e. The van der Waals surface area contributed by atoms with Crippen molar-refractivity contribution in [2.24, 2.45) is 0 Å². The molecule has 25 heavy (non-hydrogen) atoms. The standard InChI is InChI=1S/C7H9BrN2O2S.C7H10N2O2S/c1-10-13(11,12)5-2-3-7(9)6(8)4-5;1-9-12(10,11)7-4-2-6(8)3-5-7/h2-4,10H,9H2,1H3;2-5,9H,8H2,1H3. The summed E-state index contributed by atoms with van der Waals surface area (Å²) in [5, 5.41) is 0. The van der Waals surface area contributed by atoms with Gasteiger partial charge < -0.3 is 11.5 Å². The summed E-state index contributed by atoms with van der Waals surface area (Å²) in [6, 6.07) is 10.5. The summed E-state index contributed by atoms with van der Waals surface area (Å²) in [6.45, 7) is 0. The van der Waals surface area contributed by atoms with E-state index in [0.717, 1.165) is 0 Å². The first-order valence-electron chi connectivity index (χ1n) is 6.81. The highest BCUT2D eigenvalue weighted by Crippen LogP contribution is 2.22. The number of hydrogen-bond donors (Lipinski definition) is 4. The van der Waals surface area contributed by atoms with Crippen LogP contribution in [0.2, 0.25) is 0 Å². The molecule has 0 atom stereocenters. The maximum atomic E-state index is 11.3. The third-order valence-electron chi connectivity index (χ3n) is 3.01. The van der Waals surface area contributed by atoms with Crippen molar-refractivity contribution in [3.8, 4) is 0 Å². The van der Waals surface area contributed by atoms with Gasteiger partial charge in [0, 0.05) is 15.8 Å². The lowest BCUT2D eigenvalue weighted by atomic mass is 10.3. The monoisotopic (exact) mass is 450 g/mol. The molecule has 8 nitrogen and oxygen atoms in total. The fourth-order valence-electron chi connectivity index (χ4n) is 1.56. The topological polar surface area (TPSA) is 144 Å². The number of hydrogen-bond acceptors (Lipinski definition) is 6. The van der Waals surface area contributed by atoms with Crippen LogP contribution < -0.4 is 20.9 Å². The van der Waals surface area contributed by atoms with Gasteiger partial charge in [0.15, 0.2) is 0 Å². The van der Waals surface area contributed by atoms with Crippen LogP contribution in [-0.2, 0) is 20.0 Å². The lowest BCUT2D eigenvalue weighted by Crippen LogP contribution is -2.18. The minimum absolute atomic E-state index is 0.191. The van der Waals surface area contributed by atoms with Crippen molar-refractivity contribution in [2.75, 3.05) is 25.6 Å². The predicted octanol–water partition coefficient (Wildman–Crippen LogP) is 1.12. The Bertz CT molecular complexity index is 930. The molecule has 0 saturated heterocycles. The first kappa shape index (κ1) is 21.4. The van der Waals surface area contributed by atoms with Crippen LogP contribution in [0.3, 0.4) is 0 Å². The fraction of sp³-hybridized carbons (Fsp3) is 0.143. The van der Waals surface area contributed by atoms with E-state index in [2.05, 4.69) is 25.4 Å². The zero-order valence-corrected chi connectivity index (χ0v) is 16.7. The molecule has 0 bridgehead atoms. The number of halogens is 1. The number of benzene rings is 2. The van der Waals surface area contributed by atoms with Crippen molar-refractivity contribution in [1.29, 1.82) is 0 Å². The van der Waals surface area contributed by atoms with Gasteiger partial charge in [0.1, 0.15) is 0 Å². The maximum absolute atomic E-state index is 11.3. The van der Waals surface area contributed by atoms with E-state index in [9.17, 15) is 16.8 Å². The quantitative estimate of drug-likeness (QED) is 0.513. The molecule has 2 rings (SSSR count). The van der Waals surface area contributed by atoms with Gasteiger partial charge in [0.2, 0.25) is 20.0 Å². The van der Waals surface area contributed by atoms with Gasteiger partial charge in [-0.15, -0.1) is 0 Å². The second kappa shape index (κ2) is 8.63. The van der Waals surface area contributed by atoms with Crippen LogP contribution in [0.1, 0.15) is 0 Å². The van der Waals surface area contributed by atoms with E-state index in [0.29, 0.717) is 15.8 Å². The van der Waals surface area contributed by atoms with Gasteiger partial charge in [-0.1, -0.05) is 0 Å². The van der Waals surface area contributed by atoms with Crippen molar-refractivity contribution < 1.29 is 16.8 Å². The second-order valence-electron chi connectivity index (χ2n) is 4.67. The van der Waals surface area contributed by atoms with E-state index < -0.39 is 20.0 Å². The van der Waals surface area contributed by atoms with Crippen LogP contribution in [0.25, 0.3) is 0 Å². The third kappa shape index (κ3) is 5.97. The van der Waals surface area contributed by atoms with E-state index >= 15 is 0 Å². The van der Waals surface area contributed by atoms with Gasteiger partial charge in [-0.05, 0) is 72.5 Å². The van der Waals surface area contributed by atoms with E-state index in [1.807, 2.05) is 0 Å². The molecular weight excluding hydrogens is 432 g/mol. The van der Waals surface area contributed by atoms with Gasteiger partial charge in [-0.25, -0.2) is 26.3 Å². The fourth-order valence-corrected chi connectivity index (χ4v) is 3.57. The minimum Gasteiger partial charge on any atom is -0.399 e. The van der Waals surface area contributed by atoms with Crippen molar-refractivity contribution >= 4 is 47.4 Å². The highest BCUT2D eigenvalue weighted by molar-refractivity contribution is 9.10. The Hall–Kier alpha value is -1.66. The molecule has 0 aliphatic rings. The molecule has 0 amide bonds. The van der Waals surface area contributed by atoms with E-state index in [-0.39, 0.29) is 9.79 Å². The van der Waals surface area contributed by atoms with Crippen LogP contribution in [-0.4, -0.2) is 30.9 Å². The maximum Gasteiger partial charge on any atom is 0.240 e. The smallest absolute Gasteiger partial charge is 0.240 e. The SMILES string of the molecule is CNS(=O)(=O)c1ccc(N)c(Br)c1.CNS(=O)(=O)c1ccc(N)cc1. The molecule has 6 N–H and O–H groups in total. The average Bonchev–Trinajstić information content (AvgIpc) is 2.58. The summed E-state index contributed by atoms with van der Waals surface area (Å²) in [5.74, 6) is 0. The van der Waals surface area contributed by atoms with E-state index in [1.165, 1.54) is 44.4 Å². The molecule has 0 spiro atoms. The molecule has 0 aliphatic heterocycles. The molecule has 0 fully saturated rings. The number of nitrogens with two attached hydrogens (primary N) is 2. The zero-order chi connectivity index (χ0) is 19.3. The molecule has 11 heteroatoms. The van der Waals surface area contributed by atoms with Crippen LogP contribution >= 0.6 is 15.9 Å². The van der Waals surface area contributed by atoms with E-state index in [1.54, 1.807) is 12.1 Å². The number of nitrogens with one attached hydrogen (secondary N) is 2. The molecule has 0 heterocycles. The molecule has 0 unspecified atom stereocenters. The lowest BCUT2D eigenvalue weighted by molar-refractivity contribution is 0.586. The zero-order valence-electron chi connectivity index (χ0n) is 13.5. The molecule has 0 radical (unpaired) electrons. The molecule has 0 saturated carbocycles. The normalized spacial score (nSPS) is 11.5. The summed E-state index contributed by atoms with van der Waals surface area (Å²) in [5.41, 5.74) is 12.0. The summed E-state index contributed by atoms with van der Waals surface area (Å²) >= 11 is 3.15. The predicted molar refractivity (Wildman–Crippen MR) is 102 cm³/mol. The van der Waals surface area contributed by atoms with E-state index in [4.69, 9.17) is 11.5 Å². The third-order valence-corrected chi connectivity index (χ3v) is 6.54. The van der Waals surface area contributed by atoms with Crippen molar-refractivity contribution in [1.82, 2.24) is 9.44 Å². The van der Waals surface area contributed by atoms with Crippen LogP contribution in [0.4, 0.5) is 11.4 Å². The van der Waals surface area contributed by atoms with Crippen molar-refractivity contribution in [3.63, 3.8) is 0 Å². The van der Waals surface area contributed by atoms with Gasteiger partial charge in [-0.2, -0.15) is 0 Å². The minimum atomic E-state index is -3.37. The Labute approximate surface area is 155 Å². The molecule has 138 valence electrons. The number of anilines is 2. The van der Waals surface area contributed by atoms with Crippen LogP contribution in [0.5, 0.6) is 0 Å².